The SMILES string of the molecule is CC[N+]1(OS(=O)(=O)C(COC)OCCOCCO)CCCC1. The molecule has 0 aromatic rings. The van der Waals surface area contributed by atoms with Gasteiger partial charge in [0.1, 0.15) is 19.6 Å². The molecule has 1 aliphatic heterocycles. The van der Waals surface area contributed by atoms with Gasteiger partial charge in [-0.2, -0.15) is 13.1 Å². The quantitative estimate of drug-likeness (QED) is 0.390. The third kappa shape index (κ3) is 6.07. The summed E-state index contributed by atoms with van der Waals surface area (Å²) < 4.78 is 45.8. The molecule has 0 aromatic carbocycles. The molecule has 0 radical (unpaired) electrons. The molecule has 1 atom stereocenters. The molecule has 1 N–H and O–H groups in total. The Kier molecular flexibility index (Phi) is 8.77. The highest BCUT2D eigenvalue weighted by atomic mass is 32.2. The van der Waals surface area contributed by atoms with Gasteiger partial charge in [0.15, 0.2) is 0 Å². The van der Waals surface area contributed by atoms with Crippen molar-refractivity contribution in [1.82, 2.24) is 0 Å². The number of hydrogen-bond acceptors (Lipinski definition) is 7. The van der Waals surface area contributed by atoms with Crippen molar-refractivity contribution in [3.8, 4) is 0 Å². The van der Waals surface area contributed by atoms with Crippen LogP contribution in [0.25, 0.3) is 0 Å². The average Bonchev–Trinajstić information content (AvgIpc) is 2.94. The normalized spacial score (nSPS) is 19.4. The van der Waals surface area contributed by atoms with E-state index in [1.807, 2.05) is 6.92 Å². The highest BCUT2D eigenvalue weighted by molar-refractivity contribution is 7.87. The van der Waals surface area contributed by atoms with Crippen LogP contribution >= 0.6 is 0 Å². The van der Waals surface area contributed by atoms with E-state index in [9.17, 15) is 8.42 Å². The Morgan fingerprint density at radius 2 is 1.86 bits per heavy atom. The monoisotopic (exact) mass is 342 g/mol. The molecule has 1 aliphatic rings. The number of hydroxylamine groups is 3. The summed E-state index contributed by atoms with van der Waals surface area (Å²) in [7, 11) is -2.50. The summed E-state index contributed by atoms with van der Waals surface area (Å²) in [5.41, 5.74) is -1.18. The predicted octanol–water partition coefficient (Wildman–Crippen LogP) is -0.124. The molecule has 8 nitrogen and oxygen atoms in total. The number of rotatable bonds is 12. The summed E-state index contributed by atoms with van der Waals surface area (Å²) in [5, 5.41) is 8.60. The molecule has 0 aliphatic carbocycles. The van der Waals surface area contributed by atoms with E-state index in [1.54, 1.807) is 0 Å². The topological polar surface area (TPSA) is 91.3 Å². The zero-order valence-electron chi connectivity index (χ0n) is 13.4. The fourth-order valence-electron chi connectivity index (χ4n) is 2.38. The van der Waals surface area contributed by atoms with Crippen LogP contribution in [0.4, 0.5) is 0 Å². The Bertz CT molecular complexity index is 395. The molecule has 0 saturated carbocycles. The smallest absolute Gasteiger partial charge is 0.343 e. The molecule has 0 aromatic heterocycles. The molecule has 9 heteroatoms. The van der Waals surface area contributed by atoms with Crippen molar-refractivity contribution >= 4 is 10.1 Å². The Morgan fingerprint density at radius 1 is 1.18 bits per heavy atom. The van der Waals surface area contributed by atoms with Gasteiger partial charge in [-0.1, -0.05) is 4.28 Å². The molecular formula is C13H28NO7S+. The zero-order chi connectivity index (χ0) is 16.5. The fourth-order valence-corrected chi connectivity index (χ4v) is 3.74. The van der Waals surface area contributed by atoms with Gasteiger partial charge in [0, 0.05) is 20.0 Å². The molecule has 22 heavy (non-hydrogen) atoms. The summed E-state index contributed by atoms with van der Waals surface area (Å²) in [4.78, 5) is 0. The number of nitrogens with zero attached hydrogens (tertiary/aromatic N) is 1. The highest BCUT2D eigenvalue weighted by Crippen LogP contribution is 2.24. The first-order chi connectivity index (χ1) is 10.5. The van der Waals surface area contributed by atoms with Crippen molar-refractivity contribution in [3.63, 3.8) is 0 Å². The standard InChI is InChI=1S/C13H28NO7S/c1-3-14(6-4-5-7-14)21-22(16,17)13(12-18-2)20-11-10-19-9-8-15/h13,15H,3-12H2,1-2H3/q+1. The maximum atomic E-state index is 12.4. The average molecular weight is 342 g/mol. The lowest BCUT2D eigenvalue weighted by molar-refractivity contribution is -1.07. The predicted molar refractivity (Wildman–Crippen MR) is 79.3 cm³/mol. The molecule has 0 bridgehead atoms. The number of ether oxygens (including phenoxy) is 3. The van der Waals surface area contributed by atoms with Crippen molar-refractivity contribution in [3.05, 3.63) is 0 Å². The lowest BCUT2D eigenvalue weighted by Crippen LogP contribution is -2.49. The molecule has 0 spiro atoms. The third-order valence-electron chi connectivity index (χ3n) is 3.61. The minimum Gasteiger partial charge on any atom is -0.394 e. The highest BCUT2D eigenvalue weighted by Gasteiger charge is 2.41. The summed E-state index contributed by atoms with van der Waals surface area (Å²) in [6.45, 7) is 4.17. The van der Waals surface area contributed by atoms with Gasteiger partial charge in [-0.05, 0) is 6.92 Å². The van der Waals surface area contributed by atoms with E-state index in [0.717, 1.165) is 12.8 Å². The van der Waals surface area contributed by atoms with Crippen molar-refractivity contribution in [1.29, 1.82) is 0 Å². The van der Waals surface area contributed by atoms with Crippen molar-refractivity contribution < 1.29 is 36.7 Å². The first kappa shape index (κ1) is 19.8. The van der Waals surface area contributed by atoms with E-state index >= 15 is 0 Å². The Hall–Kier alpha value is -0.290. The number of likely N-dealkylation sites (tertiary alicyclic amines) is 1. The van der Waals surface area contributed by atoms with E-state index in [4.69, 9.17) is 23.6 Å². The van der Waals surface area contributed by atoms with Crippen LogP contribution in [-0.2, 0) is 28.6 Å². The summed E-state index contributed by atoms with van der Waals surface area (Å²) >= 11 is 0. The molecule has 1 fully saturated rings. The third-order valence-corrected chi connectivity index (χ3v) is 5.05. The molecular weight excluding hydrogens is 314 g/mol. The second-order valence-corrected chi connectivity index (χ2v) is 6.85. The van der Waals surface area contributed by atoms with Gasteiger partial charge in [0.25, 0.3) is 0 Å². The second kappa shape index (κ2) is 9.76. The number of aliphatic hydroxyl groups excluding tert-OH is 1. The number of methoxy groups -OCH3 is 1. The Labute approximate surface area is 132 Å². The Morgan fingerprint density at radius 3 is 2.41 bits per heavy atom. The molecule has 1 unspecified atom stereocenters. The lowest BCUT2D eigenvalue weighted by Gasteiger charge is -2.30. The number of aliphatic hydroxyl groups is 1. The second-order valence-electron chi connectivity index (χ2n) is 5.19. The van der Waals surface area contributed by atoms with E-state index in [1.165, 1.54) is 7.11 Å². The zero-order valence-corrected chi connectivity index (χ0v) is 14.2. The van der Waals surface area contributed by atoms with E-state index in [0.29, 0.717) is 19.6 Å². The first-order valence-corrected chi connectivity index (χ1v) is 9.07. The molecule has 1 saturated heterocycles. The minimum atomic E-state index is -3.91. The Balaban J connectivity index is 2.59. The maximum absolute atomic E-state index is 12.4. The van der Waals surface area contributed by atoms with Crippen LogP contribution in [0, 0.1) is 0 Å². The van der Waals surface area contributed by atoms with Crippen molar-refractivity contribution in [2.24, 2.45) is 0 Å². The minimum absolute atomic E-state index is 0.0839. The number of hydrogen-bond donors (Lipinski definition) is 1. The van der Waals surface area contributed by atoms with Gasteiger partial charge in [-0.3, -0.25) is 0 Å². The summed E-state index contributed by atoms with van der Waals surface area (Å²) in [6, 6.07) is 0. The van der Waals surface area contributed by atoms with E-state index < -0.39 is 15.6 Å². The van der Waals surface area contributed by atoms with Gasteiger partial charge >= 0.3 is 10.1 Å². The van der Waals surface area contributed by atoms with Crippen LogP contribution in [0.15, 0.2) is 0 Å². The van der Waals surface area contributed by atoms with Gasteiger partial charge < -0.3 is 19.3 Å². The first-order valence-electron chi connectivity index (χ1n) is 7.60. The summed E-state index contributed by atoms with van der Waals surface area (Å²) in [6.07, 6.45) is 1.91. The van der Waals surface area contributed by atoms with Crippen molar-refractivity contribution in [2.75, 3.05) is 59.8 Å². The van der Waals surface area contributed by atoms with Gasteiger partial charge in [0.05, 0.1) is 33.0 Å². The molecule has 0 amide bonds. The number of quaternary nitrogens is 1. The van der Waals surface area contributed by atoms with Crippen LogP contribution in [-0.4, -0.2) is 83.4 Å². The van der Waals surface area contributed by atoms with E-state index in [-0.39, 0.29) is 37.7 Å². The van der Waals surface area contributed by atoms with Gasteiger partial charge in [0.2, 0.25) is 5.44 Å². The molecule has 1 heterocycles. The largest absolute Gasteiger partial charge is 0.394 e. The van der Waals surface area contributed by atoms with Gasteiger partial charge in [-0.25, -0.2) is 0 Å². The molecule has 1 rings (SSSR count). The van der Waals surface area contributed by atoms with Crippen LogP contribution in [0.1, 0.15) is 19.8 Å². The van der Waals surface area contributed by atoms with E-state index in [2.05, 4.69) is 0 Å². The van der Waals surface area contributed by atoms with Gasteiger partial charge in [-0.15, -0.1) is 0 Å². The summed E-state index contributed by atoms with van der Waals surface area (Å²) in [5.74, 6) is 0. The van der Waals surface area contributed by atoms with Crippen LogP contribution < -0.4 is 0 Å². The van der Waals surface area contributed by atoms with Crippen LogP contribution in [0.5, 0.6) is 0 Å². The fraction of sp³-hybridized carbons (Fsp3) is 1.00. The van der Waals surface area contributed by atoms with Crippen molar-refractivity contribution in [2.45, 2.75) is 25.2 Å². The van der Waals surface area contributed by atoms with Crippen LogP contribution in [0.3, 0.4) is 0 Å². The lowest BCUT2D eigenvalue weighted by atomic mass is 10.4. The maximum Gasteiger partial charge on any atom is 0.343 e. The molecule has 132 valence electrons. The van der Waals surface area contributed by atoms with Crippen LogP contribution in [0.2, 0.25) is 0 Å².